The Balaban J connectivity index is 1.69. The fraction of sp³-hybridized carbons (Fsp3) is 0.375. The summed E-state index contributed by atoms with van der Waals surface area (Å²) in [6.07, 6.45) is 3.68. The Morgan fingerprint density at radius 3 is 2.55 bits per heavy atom. The molecule has 2 aliphatic rings. The summed E-state index contributed by atoms with van der Waals surface area (Å²) in [5.74, 6) is -0.518. The largest absolute Gasteiger partial charge is 0.282 e. The number of benzene rings is 1. The van der Waals surface area contributed by atoms with Crippen LogP contribution in [-0.2, 0) is 16.0 Å². The summed E-state index contributed by atoms with van der Waals surface area (Å²) in [5.41, 5.74) is 1.14. The zero-order valence-corrected chi connectivity index (χ0v) is 11.8. The topological polar surface area (TPSA) is 37.4 Å². The van der Waals surface area contributed by atoms with Crippen LogP contribution in [0.2, 0.25) is 0 Å². The third-order valence-electron chi connectivity index (χ3n) is 4.13. The SMILES string of the molecule is O=C1[C@H]2CC(Cl)=CC[C@H]2C(=O)N1CCc1ccccc1. The van der Waals surface area contributed by atoms with Gasteiger partial charge in [0.05, 0.1) is 11.8 Å². The number of nitrogens with zero attached hydrogens (tertiary/aromatic N) is 1. The van der Waals surface area contributed by atoms with Crippen LogP contribution >= 0.6 is 11.6 Å². The van der Waals surface area contributed by atoms with E-state index in [0.29, 0.717) is 30.8 Å². The van der Waals surface area contributed by atoms with Crippen molar-refractivity contribution in [1.29, 1.82) is 0 Å². The normalized spacial score (nSPS) is 25.6. The van der Waals surface area contributed by atoms with Crippen molar-refractivity contribution >= 4 is 23.4 Å². The molecule has 1 saturated heterocycles. The molecule has 0 saturated carbocycles. The third kappa shape index (κ3) is 2.38. The highest BCUT2D eigenvalue weighted by Crippen LogP contribution is 2.38. The van der Waals surface area contributed by atoms with Crippen LogP contribution in [0.3, 0.4) is 0 Å². The van der Waals surface area contributed by atoms with Crippen LogP contribution in [0.25, 0.3) is 0 Å². The number of likely N-dealkylation sites (tertiary alicyclic amines) is 1. The Morgan fingerprint density at radius 1 is 1.10 bits per heavy atom. The quantitative estimate of drug-likeness (QED) is 0.803. The van der Waals surface area contributed by atoms with Crippen LogP contribution in [0.4, 0.5) is 0 Å². The van der Waals surface area contributed by atoms with Crippen LogP contribution in [0.5, 0.6) is 0 Å². The van der Waals surface area contributed by atoms with E-state index in [-0.39, 0.29) is 23.7 Å². The lowest BCUT2D eigenvalue weighted by molar-refractivity contribution is -0.139. The summed E-state index contributed by atoms with van der Waals surface area (Å²) in [6, 6.07) is 9.91. The second kappa shape index (κ2) is 5.41. The highest BCUT2D eigenvalue weighted by Gasteiger charge is 2.47. The van der Waals surface area contributed by atoms with Crippen molar-refractivity contribution in [2.24, 2.45) is 11.8 Å². The molecule has 2 amide bonds. The Morgan fingerprint density at radius 2 is 1.80 bits per heavy atom. The maximum Gasteiger partial charge on any atom is 0.233 e. The van der Waals surface area contributed by atoms with E-state index in [1.165, 1.54) is 4.90 Å². The van der Waals surface area contributed by atoms with Crippen molar-refractivity contribution in [3.8, 4) is 0 Å². The first-order valence-electron chi connectivity index (χ1n) is 6.90. The zero-order valence-electron chi connectivity index (χ0n) is 11.1. The van der Waals surface area contributed by atoms with Gasteiger partial charge in [-0.15, -0.1) is 0 Å². The molecule has 1 aromatic rings. The molecule has 3 nitrogen and oxygen atoms in total. The second-order valence-electron chi connectivity index (χ2n) is 5.37. The summed E-state index contributed by atoms with van der Waals surface area (Å²) in [5, 5.41) is 0.706. The van der Waals surface area contributed by atoms with E-state index < -0.39 is 0 Å². The van der Waals surface area contributed by atoms with Crippen molar-refractivity contribution in [1.82, 2.24) is 4.90 Å². The number of rotatable bonds is 3. The number of hydrogen-bond acceptors (Lipinski definition) is 2. The van der Waals surface area contributed by atoms with Crippen molar-refractivity contribution in [2.75, 3.05) is 6.54 Å². The minimum absolute atomic E-state index is 0.0312. The maximum atomic E-state index is 12.3. The number of imide groups is 1. The van der Waals surface area contributed by atoms with Gasteiger partial charge in [0.2, 0.25) is 11.8 Å². The molecule has 0 unspecified atom stereocenters. The summed E-state index contributed by atoms with van der Waals surface area (Å²) >= 11 is 6.00. The van der Waals surface area contributed by atoms with Gasteiger partial charge in [0.1, 0.15) is 0 Å². The Labute approximate surface area is 123 Å². The van der Waals surface area contributed by atoms with Crippen LogP contribution in [0.1, 0.15) is 18.4 Å². The van der Waals surface area contributed by atoms with Gasteiger partial charge >= 0.3 is 0 Å². The first-order chi connectivity index (χ1) is 9.66. The van der Waals surface area contributed by atoms with Gasteiger partial charge in [-0.3, -0.25) is 14.5 Å². The van der Waals surface area contributed by atoms with E-state index in [2.05, 4.69) is 0 Å². The molecule has 20 heavy (non-hydrogen) atoms. The van der Waals surface area contributed by atoms with Gasteiger partial charge in [-0.05, 0) is 24.8 Å². The Kier molecular flexibility index (Phi) is 3.62. The predicted octanol–water partition coefficient (Wildman–Crippen LogP) is 2.75. The summed E-state index contributed by atoms with van der Waals surface area (Å²) in [6.45, 7) is 0.465. The molecule has 0 N–H and O–H groups in total. The number of fused-ring (bicyclic) bond motifs is 1. The standard InChI is InChI=1S/C16H16ClNO2/c17-12-6-7-13-14(10-12)16(20)18(15(13)19)9-8-11-4-2-1-3-5-11/h1-6,13-14H,7-10H2/t13-,14+/m1/s1. The highest BCUT2D eigenvalue weighted by molar-refractivity contribution is 6.30. The van der Waals surface area contributed by atoms with Gasteiger partial charge in [-0.2, -0.15) is 0 Å². The lowest BCUT2D eigenvalue weighted by Gasteiger charge is -2.17. The molecule has 2 atom stereocenters. The van der Waals surface area contributed by atoms with E-state index in [9.17, 15) is 9.59 Å². The van der Waals surface area contributed by atoms with E-state index >= 15 is 0 Å². The van der Waals surface area contributed by atoms with Crippen molar-refractivity contribution in [3.05, 3.63) is 47.0 Å². The van der Waals surface area contributed by atoms with Gasteiger partial charge < -0.3 is 0 Å². The molecular formula is C16H16ClNO2. The lowest BCUT2D eigenvalue weighted by atomic mass is 9.85. The van der Waals surface area contributed by atoms with Crippen LogP contribution in [0, 0.1) is 11.8 Å². The lowest BCUT2D eigenvalue weighted by Crippen LogP contribution is -2.33. The molecule has 1 aromatic carbocycles. The molecular weight excluding hydrogens is 274 g/mol. The number of halogens is 1. The van der Waals surface area contributed by atoms with Gasteiger partial charge in [0, 0.05) is 11.6 Å². The van der Waals surface area contributed by atoms with E-state index in [1.54, 1.807) is 0 Å². The molecule has 0 bridgehead atoms. The fourth-order valence-electron chi connectivity index (χ4n) is 3.00. The fourth-order valence-corrected chi connectivity index (χ4v) is 3.26. The first kappa shape index (κ1) is 13.4. The molecule has 1 fully saturated rings. The average Bonchev–Trinajstić information content (AvgIpc) is 2.70. The van der Waals surface area contributed by atoms with Gasteiger partial charge in [-0.1, -0.05) is 48.0 Å². The summed E-state index contributed by atoms with van der Waals surface area (Å²) < 4.78 is 0. The zero-order chi connectivity index (χ0) is 14.1. The Hall–Kier alpha value is -1.61. The molecule has 4 heteroatoms. The summed E-state index contributed by atoms with van der Waals surface area (Å²) in [7, 11) is 0. The minimum Gasteiger partial charge on any atom is -0.282 e. The van der Waals surface area contributed by atoms with Gasteiger partial charge in [0.25, 0.3) is 0 Å². The molecule has 1 heterocycles. The van der Waals surface area contributed by atoms with E-state index in [4.69, 9.17) is 11.6 Å². The van der Waals surface area contributed by atoms with E-state index in [0.717, 1.165) is 5.56 Å². The average molecular weight is 290 g/mol. The van der Waals surface area contributed by atoms with Gasteiger partial charge in [-0.25, -0.2) is 0 Å². The molecule has 104 valence electrons. The molecule has 1 aliphatic carbocycles. The highest BCUT2D eigenvalue weighted by atomic mass is 35.5. The first-order valence-corrected chi connectivity index (χ1v) is 7.28. The number of hydrogen-bond donors (Lipinski definition) is 0. The third-order valence-corrected chi connectivity index (χ3v) is 4.44. The minimum atomic E-state index is -0.240. The van der Waals surface area contributed by atoms with Crippen LogP contribution in [0.15, 0.2) is 41.4 Å². The maximum absolute atomic E-state index is 12.3. The van der Waals surface area contributed by atoms with Gasteiger partial charge in [0.15, 0.2) is 0 Å². The molecule has 0 spiro atoms. The van der Waals surface area contributed by atoms with Crippen LogP contribution < -0.4 is 0 Å². The van der Waals surface area contributed by atoms with Crippen LogP contribution in [-0.4, -0.2) is 23.3 Å². The molecule has 1 aliphatic heterocycles. The second-order valence-corrected chi connectivity index (χ2v) is 5.85. The van der Waals surface area contributed by atoms with Crippen molar-refractivity contribution < 1.29 is 9.59 Å². The molecule has 3 rings (SSSR count). The van der Waals surface area contributed by atoms with Crippen molar-refractivity contribution in [2.45, 2.75) is 19.3 Å². The monoisotopic (exact) mass is 289 g/mol. The van der Waals surface area contributed by atoms with Crippen molar-refractivity contribution in [3.63, 3.8) is 0 Å². The number of carbonyl (C=O) groups is 2. The number of carbonyl (C=O) groups excluding carboxylic acids is 2. The van der Waals surface area contributed by atoms with E-state index in [1.807, 2.05) is 36.4 Å². The molecule has 0 aromatic heterocycles. The number of allylic oxidation sites excluding steroid dienone is 2. The summed E-state index contributed by atoms with van der Waals surface area (Å²) in [4.78, 5) is 26.1. The Bertz CT molecular complexity index is 567. The predicted molar refractivity (Wildman–Crippen MR) is 77.0 cm³/mol. The number of amides is 2. The molecule has 0 radical (unpaired) electrons. The smallest absolute Gasteiger partial charge is 0.233 e.